The van der Waals surface area contributed by atoms with Gasteiger partial charge in [0.1, 0.15) is 0 Å². The second kappa shape index (κ2) is 3.88. The van der Waals surface area contributed by atoms with Gasteiger partial charge in [0.2, 0.25) is 0 Å². The van der Waals surface area contributed by atoms with E-state index in [1.807, 2.05) is 24.3 Å². The molecule has 0 bridgehead atoms. The van der Waals surface area contributed by atoms with E-state index in [2.05, 4.69) is 12.1 Å². The molecule has 0 aliphatic rings. The average Bonchev–Trinajstić information content (AvgIpc) is 2.30. The quantitative estimate of drug-likeness (QED) is 0.649. The second-order valence-electron chi connectivity index (χ2n) is 2.88. The Balaban J connectivity index is 2.35. The van der Waals surface area contributed by atoms with Crippen LogP contribution >= 0.6 is 0 Å². The van der Waals surface area contributed by atoms with E-state index in [-0.39, 0.29) is 5.78 Å². The lowest BCUT2D eigenvalue weighted by atomic mass is 10.0. The second-order valence-corrected chi connectivity index (χ2v) is 2.88. The molecule has 0 saturated carbocycles. The zero-order chi connectivity index (χ0) is 9.80. The van der Waals surface area contributed by atoms with E-state index < -0.39 is 0 Å². The number of ketones is 1. The van der Waals surface area contributed by atoms with Crippen molar-refractivity contribution in [1.29, 1.82) is 0 Å². The van der Waals surface area contributed by atoms with Gasteiger partial charge < -0.3 is 0 Å². The minimum atomic E-state index is -0.0359. The van der Waals surface area contributed by atoms with Gasteiger partial charge >= 0.3 is 0 Å². The van der Waals surface area contributed by atoms with Gasteiger partial charge in [-0.1, -0.05) is 48.5 Å². The minimum absolute atomic E-state index is 0.0359. The van der Waals surface area contributed by atoms with Crippen LogP contribution in [0.2, 0.25) is 0 Å². The Labute approximate surface area is 83.0 Å². The summed E-state index contributed by atoms with van der Waals surface area (Å²) in [6.07, 6.45) is 0. The molecule has 2 radical (unpaired) electrons. The third-order valence-electron chi connectivity index (χ3n) is 1.91. The summed E-state index contributed by atoms with van der Waals surface area (Å²) in [7, 11) is 0. The van der Waals surface area contributed by atoms with Crippen molar-refractivity contribution in [3.8, 4) is 0 Å². The first-order valence-corrected chi connectivity index (χ1v) is 4.36. The van der Waals surface area contributed by atoms with Gasteiger partial charge in [0, 0.05) is 11.1 Å². The normalized spacial score (nSPS) is 9.71. The fourth-order valence-corrected chi connectivity index (χ4v) is 1.21. The lowest BCUT2D eigenvalue weighted by Crippen LogP contribution is -2.00. The van der Waals surface area contributed by atoms with Crippen LogP contribution in [0.1, 0.15) is 15.9 Å². The Hall–Kier alpha value is -1.89. The summed E-state index contributed by atoms with van der Waals surface area (Å²) in [6.45, 7) is 0. The van der Waals surface area contributed by atoms with Crippen LogP contribution in [0.25, 0.3) is 0 Å². The third-order valence-corrected chi connectivity index (χ3v) is 1.91. The number of rotatable bonds is 2. The molecule has 0 aliphatic heterocycles. The van der Waals surface area contributed by atoms with Crippen LogP contribution in [0.15, 0.2) is 48.5 Å². The van der Waals surface area contributed by atoms with Crippen molar-refractivity contribution in [3.05, 3.63) is 71.8 Å². The molecule has 14 heavy (non-hydrogen) atoms. The summed E-state index contributed by atoms with van der Waals surface area (Å²) in [6, 6.07) is 20.1. The first-order chi connectivity index (χ1) is 6.88. The molecule has 0 N–H and O–H groups in total. The highest BCUT2D eigenvalue weighted by molar-refractivity contribution is 6.08. The van der Waals surface area contributed by atoms with Gasteiger partial charge in [-0.25, -0.2) is 0 Å². The lowest BCUT2D eigenvalue weighted by molar-refractivity contribution is 0.103. The van der Waals surface area contributed by atoms with Gasteiger partial charge in [-0.15, -0.1) is 0 Å². The zero-order valence-corrected chi connectivity index (χ0v) is 7.53. The van der Waals surface area contributed by atoms with Crippen molar-refractivity contribution in [3.63, 3.8) is 0 Å². The highest BCUT2D eigenvalue weighted by Crippen LogP contribution is 2.07. The van der Waals surface area contributed by atoms with Crippen molar-refractivity contribution in [1.82, 2.24) is 0 Å². The topological polar surface area (TPSA) is 17.1 Å². The maximum atomic E-state index is 11.8. The van der Waals surface area contributed by atoms with E-state index in [1.54, 1.807) is 24.3 Å². The number of hydrogen-bond acceptors (Lipinski definition) is 1. The van der Waals surface area contributed by atoms with Gasteiger partial charge in [-0.3, -0.25) is 4.79 Å². The third kappa shape index (κ3) is 1.72. The van der Waals surface area contributed by atoms with Crippen LogP contribution in [0, 0.1) is 12.1 Å². The van der Waals surface area contributed by atoms with E-state index in [4.69, 9.17) is 0 Å². The standard InChI is InChI=1S/C13H8O/c14-13(11-7-3-1-4-8-11)12-9-5-2-6-10-12/h1-7,9H. The van der Waals surface area contributed by atoms with Gasteiger partial charge in [0.25, 0.3) is 0 Å². The molecular formula is C13H8O. The maximum Gasteiger partial charge on any atom is 0.194 e. The summed E-state index contributed by atoms with van der Waals surface area (Å²) < 4.78 is 0. The van der Waals surface area contributed by atoms with Gasteiger partial charge in [-0.05, 0) is 12.1 Å². The molecule has 0 amide bonds. The molecule has 0 atom stereocenters. The molecule has 0 spiro atoms. The molecule has 2 aromatic rings. The van der Waals surface area contributed by atoms with Crippen LogP contribution in [0.5, 0.6) is 0 Å². The molecule has 66 valence electrons. The molecule has 0 aromatic heterocycles. The molecule has 2 rings (SSSR count). The molecule has 0 heterocycles. The monoisotopic (exact) mass is 180 g/mol. The number of carbonyl (C=O) groups excluding carboxylic acids is 1. The van der Waals surface area contributed by atoms with Gasteiger partial charge in [-0.2, -0.15) is 0 Å². The number of hydrogen-bond donors (Lipinski definition) is 0. The first kappa shape index (κ1) is 8.70. The molecule has 1 nitrogen and oxygen atoms in total. The summed E-state index contributed by atoms with van der Waals surface area (Å²) >= 11 is 0. The van der Waals surface area contributed by atoms with Crippen molar-refractivity contribution in [2.45, 2.75) is 0 Å². The minimum Gasteiger partial charge on any atom is -0.289 e. The van der Waals surface area contributed by atoms with Crippen LogP contribution in [0.3, 0.4) is 0 Å². The van der Waals surface area contributed by atoms with Crippen molar-refractivity contribution in [2.24, 2.45) is 0 Å². The summed E-state index contributed by atoms with van der Waals surface area (Å²) in [5.41, 5.74) is 1.16. The number of carbonyl (C=O) groups is 1. The zero-order valence-electron chi connectivity index (χ0n) is 7.53. The Morgan fingerprint density at radius 1 is 0.857 bits per heavy atom. The van der Waals surface area contributed by atoms with Crippen molar-refractivity contribution < 1.29 is 4.79 Å². The van der Waals surface area contributed by atoms with Crippen LogP contribution < -0.4 is 0 Å². The summed E-state index contributed by atoms with van der Waals surface area (Å²) in [5.74, 6) is -0.0359. The molecule has 2 aromatic carbocycles. The summed E-state index contributed by atoms with van der Waals surface area (Å²) in [4.78, 5) is 11.8. The maximum absolute atomic E-state index is 11.8. The highest BCUT2D eigenvalue weighted by Gasteiger charge is 2.06. The van der Waals surface area contributed by atoms with Crippen LogP contribution in [0.4, 0.5) is 0 Å². The smallest absolute Gasteiger partial charge is 0.194 e. The fraction of sp³-hybridized carbons (Fsp3) is 0. The largest absolute Gasteiger partial charge is 0.289 e. The molecule has 1 heteroatoms. The molecule has 0 aliphatic carbocycles. The van der Waals surface area contributed by atoms with Crippen molar-refractivity contribution in [2.75, 3.05) is 0 Å². The van der Waals surface area contributed by atoms with Crippen LogP contribution in [-0.2, 0) is 0 Å². The van der Waals surface area contributed by atoms with E-state index >= 15 is 0 Å². The van der Waals surface area contributed by atoms with E-state index in [1.165, 1.54) is 0 Å². The Kier molecular flexibility index (Phi) is 2.41. The molecular weight excluding hydrogens is 172 g/mol. The van der Waals surface area contributed by atoms with E-state index in [0.29, 0.717) is 11.1 Å². The predicted octanol–water partition coefficient (Wildman–Crippen LogP) is 2.52. The van der Waals surface area contributed by atoms with Gasteiger partial charge in [0.05, 0.1) is 0 Å². The fourth-order valence-electron chi connectivity index (χ4n) is 1.21. The Morgan fingerprint density at radius 2 is 1.36 bits per heavy atom. The van der Waals surface area contributed by atoms with Crippen molar-refractivity contribution >= 4 is 5.78 Å². The molecule has 0 unspecified atom stereocenters. The summed E-state index contributed by atoms with van der Waals surface area (Å²) in [5, 5.41) is 0. The Morgan fingerprint density at radius 3 is 1.71 bits per heavy atom. The average molecular weight is 180 g/mol. The molecule has 0 fully saturated rings. The molecule has 0 saturated heterocycles. The SMILES string of the molecule is O=C(c1[c]cccc1)c1[c]cccc1. The Bertz CT molecular complexity index is 376. The number of benzene rings is 2. The van der Waals surface area contributed by atoms with E-state index in [0.717, 1.165) is 0 Å². The van der Waals surface area contributed by atoms with Gasteiger partial charge in [0.15, 0.2) is 5.78 Å². The lowest BCUT2D eigenvalue weighted by Gasteiger charge is -1.98. The van der Waals surface area contributed by atoms with E-state index in [9.17, 15) is 4.79 Å². The van der Waals surface area contributed by atoms with Crippen LogP contribution in [-0.4, -0.2) is 5.78 Å². The predicted molar refractivity (Wildman–Crippen MR) is 54.0 cm³/mol. The first-order valence-electron chi connectivity index (χ1n) is 4.36. The highest BCUT2D eigenvalue weighted by atomic mass is 16.1.